The summed E-state index contributed by atoms with van der Waals surface area (Å²) in [4.78, 5) is 33.6. The standard InChI is InChI=1S/C21H25F3N4O3/c1-28-11-14(31-20(30)21(22,23)24)10-17(28)19(29)25-13-6-4-5-12(9-13)18-26-15-7-2-3-8-16(15)27-18/h2-3,7-8,12-14,17H,4-6,9-11H2,1H3,(H,25,29)(H,26,27)/t12?,13?,14-,17+/m1/s1. The van der Waals surface area contributed by atoms with E-state index >= 15 is 0 Å². The first-order valence-corrected chi connectivity index (χ1v) is 10.4. The minimum absolute atomic E-state index is 0.0374. The molecule has 2 aliphatic rings. The van der Waals surface area contributed by atoms with Crippen LogP contribution in [-0.2, 0) is 14.3 Å². The summed E-state index contributed by atoms with van der Waals surface area (Å²) in [6.45, 7) is 0.0895. The molecule has 10 heteroatoms. The number of hydrogen-bond donors (Lipinski definition) is 2. The van der Waals surface area contributed by atoms with Crippen LogP contribution in [0, 0.1) is 0 Å². The Morgan fingerprint density at radius 1 is 1.23 bits per heavy atom. The Balaban J connectivity index is 1.34. The van der Waals surface area contributed by atoms with Gasteiger partial charge in [-0.05, 0) is 38.4 Å². The third kappa shape index (κ3) is 4.84. The number of alkyl halides is 3. The van der Waals surface area contributed by atoms with Gasteiger partial charge in [0.05, 0.1) is 17.1 Å². The number of para-hydroxylation sites is 2. The van der Waals surface area contributed by atoms with Crippen molar-refractivity contribution in [2.24, 2.45) is 0 Å². The number of H-pyrrole nitrogens is 1. The Kier molecular flexibility index (Phi) is 5.92. The molecule has 1 aliphatic carbocycles. The summed E-state index contributed by atoms with van der Waals surface area (Å²) >= 11 is 0. The fourth-order valence-electron chi connectivity index (χ4n) is 4.60. The lowest BCUT2D eigenvalue weighted by Gasteiger charge is -2.30. The molecular formula is C21H25F3N4O3. The van der Waals surface area contributed by atoms with E-state index < -0.39 is 24.3 Å². The van der Waals surface area contributed by atoms with Crippen LogP contribution in [0.5, 0.6) is 0 Å². The molecule has 4 atom stereocenters. The van der Waals surface area contributed by atoms with Crippen molar-refractivity contribution < 1.29 is 27.5 Å². The zero-order valence-corrected chi connectivity index (χ0v) is 17.1. The lowest BCUT2D eigenvalue weighted by molar-refractivity contribution is -0.204. The van der Waals surface area contributed by atoms with Crippen LogP contribution in [0.2, 0.25) is 0 Å². The number of nitrogens with one attached hydrogen (secondary N) is 2. The molecule has 2 heterocycles. The first-order valence-electron chi connectivity index (χ1n) is 10.4. The van der Waals surface area contributed by atoms with Crippen LogP contribution in [0.4, 0.5) is 13.2 Å². The van der Waals surface area contributed by atoms with E-state index in [0.29, 0.717) is 0 Å². The van der Waals surface area contributed by atoms with E-state index in [4.69, 9.17) is 0 Å². The highest BCUT2D eigenvalue weighted by Gasteiger charge is 2.45. The minimum atomic E-state index is -5.04. The average Bonchev–Trinajstić information content (AvgIpc) is 3.31. The predicted octanol–water partition coefficient (Wildman–Crippen LogP) is 2.88. The van der Waals surface area contributed by atoms with Crippen LogP contribution in [-0.4, -0.2) is 64.7 Å². The summed E-state index contributed by atoms with van der Waals surface area (Å²) in [5.41, 5.74) is 1.89. The van der Waals surface area contributed by atoms with E-state index in [1.807, 2.05) is 24.3 Å². The van der Waals surface area contributed by atoms with E-state index in [1.54, 1.807) is 11.9 Å². The summed E-state index contributed by atoms with van der Waals surface area (Å²) in [5.74, 6) is -1.35. The first kappa shape index (κ1) is 21.6. The average molecular weight is 438 g/mol. The van der Waals surface area contributed by atoms with Gasteiger partial charge in [0.25, 0.3) is 0 Å². The number of hydrogen-bond acceptors (Lipinski definition) is 5. The number of carbonyl (C=O) groups excluding carboxylic acids is 2. The highest BCUT2D eigenvalue weighted by atomic mass is 19.4. The number of benzene rings is 1. The van der Waals surface area contributed by atoms with Crippen molar-refractivity contribution in [2.45, 2.75) is 62.4 Å². The number of halogens is 3. The topological polar surface area (TPSA) is 87.3 Å². The number of amides is 1. The van der Waals surface area contributed by atoms with Crippen molar-refractivity contribution in [3.8, 4) is 0 Å². The second kappa shape index (κ2) is 8.49. The number of rotatable bonds is 4. The zero-order valence-electron chi connectivity index (χ0n) is 17.1. The molecule has 1 aromatic carbocycles. The predicted molar refractivity (Wildman–Crippen MR) is 106 cm³/mol. The quantitative estimate of drug-likeness (QED) is 0.717. The Morgan fingerprint density at radius 3 is 2.74 bits per heavy atom. The van der Waals surface area contributed by atoms with Crippen molar-refractivity contribution in [1.29, 1.82) is 0 Å². The molecule has 1 saturated carbocycles. The van der Waals surface area contributed by atoms with Gasteiger partial charge >= 0.3 is 12.1 Å². The molecule has 0 bridgehead atoms. The van der Waals surface area contributed by atoms with Crippen LogP contribution < -0.4 is 5.32 Å². The number of imidazole rings is 1. The van der Waals surface area contributed by atoms with Gasteiger partial charge in [-0.25, -0.2) is 9.78 Å². The lowest BCUT2D eigenvalue weighted by Crippen LogP contribution is -2.47. The maximum absolute atomic E-state index is 12.8. The summed E-state index contributed by atoms with van der Waals surface area (Å²) in [6.07, 6.45) is -2.44. The van der Waals surface area contributed by atoms with Crippen molar-refractivity contribution >= 4 is 22.9 Å². The second-order valence-electron chi connectivity index (χ2n) is 8.42. The smallest absolute Gasteiger partial charge is 0.454 e. The van der Waals surface area contributed by atoms with Gasteiger partial charge in [0, 0.05) is 24.9 Å². The maximum atomic E-state index is 12.8. The summed E-state index contributed by atoms with van der Waals surface area (Å²) in [7, 11) is 1.64. The molecule has 7 nitrogen and oxygen atoms in total. The molecule has 4 rings (SSSR count). The molecule has 2 N–H and O–H groups in total. The van der Waals surface area contributed by atoms with Gasteiger partial charge in [0.15, 0.2) is 0 Å². The number of nitrogens with zero attached hydrogens (tertiary/aromatic N) is 2. The number of aromatic nitrogens is 2. The number of likely N-dealkylation sites (tertiary alicyclic amines) is 1. The third-order valence-corrected chi connectivity index (χ3v) is 6.13. The van der Waals surface area contributed by atoms with Gasteiger partial charge in [-0.2, -0.15) is 13.2 Å². The summed E-state index contributed by atoms with van der Waals surface area (Å²) in [5, 5.41) is 3.04. The molecule has 1 aliphatic heterocycles. The van der Waals surface area contributed by atoms with Gasteiger partial charge in [0.1, 0.15) is 11.9 Å². The molecule has 2 unspecified atom stereocenters. The maximum Gasteiger partial charge on any atom is 0.490 e. The SMILES string of the molecule is CN1C[C@H](OC(=O)C(F)(F)F)C[C@H]1C(=O)NC1CCCC(c2nc3ccccc3[nH]2)C1. The first-order chi connectivity index (χ1) is 14.7. The Labute approximate surface area is 177 Å². The van der Waals surface area contributed by atoms with E-state index in [9.17, 15) is 22.8 Å². The lowest BCUT2D eigenvalue weighted by atomic mass is 9.85. The molecule has 1 saturated heterocycles. The van der Waals surface area contributed by atoms with E-state index in [0.717, 1.165) is 42.5 Å². The third-order valence-electron chi connectivity index (χ3n) is 6.13. The largest absolute Gasteiger partial charge is 0.490 e. The fraction of sp³-hybridized carbons (Fsp3) is 0.571. The van der Waals surface area contributed by atoms with Gasteiger partial charge in [0.2, 0.25) is 5.91 Å². The molecule has 0 spiro atoms. The number of aromatic amines is 1. The van der Waals surface area contributed by atoms with E-state index in [2.05, 4.69) is 20.0 Å². The Morgan fingerprint density at radius 2 is 2.00 bits per heavy atom. The second-order valence-corrected chi connectivity index (χ2v) is 8.42. The normalized spacial score (nSPS) is 27.4. The van der Waals surface area contributed by atoms with Crippen molar-refractivity contribution in [3.63, 3.8) is 0 Å². The number of likely N-dealkylation sites (N-methyl/N-ethyl adjacent to an activating group) is 1. The number of ether oxygens (including phenoxy) is 1. The molecule has 1 amide bonds. The highest BCUT2D eigenvalue weighted by Crippen LogP contribution is 2.33. The van der Waals surface area contributed by atoms with Gasteiger partial charge in [-0.15, -0.1) is 0 Å². The van der Waals surface area contributed by atoms with Crippen LogP contribution >= 0.6 is 0 Å². The number of fused-ring (bicyclic) bond motifs is 1. The monoisotopic (exact) mass is 438 g/mol. The van der Waals surface area contributed by atoms with Crippen LogP contribution in [0.15, 0.2) is 24.3 Å². The van der Waals surface area contributed by atoms with Gasteiger partial charge in [-0.1, -0.05) is 18.6 Å². The van der Waals surface area contributed by atoms with Crippen LogP contribution in [0.1, 0.15) is 43.8 Å². The van der Waals surface area contributed by atoms with Crippen LogP contribution in [0.3, 0.4) is 0 Å². The molecule has 2 fully saturated rings. The van der Waals surface area contributed by atoms with Crippen LogP contribution in [0.25, 0.3) is 11.0 Å². The molecular weight excluding hydrogens is 413 g/mol. The Hall–Kier alpha value is -2.62. The van der Waals surface area contributed by atoms with E-state index in [1.165, 1.54) is 0 Å². The fourth-order valence-corrected chi connectivity index (χ4v) is 4.60. The zero-order chi connectivity index (χ0) is 22.2. The molecule has 2 aromatic rings. The van der Waals surface area contributed by atoms with Crippen molar-refractivity contribution in [3.05, 3.63) is 30.1 Å². The summed E-state index contributed by atoms with van der Waals surface area (Å²) < 4.78 is 41.8. The van der Waals surface area contributed by atoms with Gasteiger partial charge < -0.3 is 15.0 Å². The van der Waals surface area contributed by atoms with Crippen molar-refractivity contribution in [2.75, 3.05) is 13.6 Å². The number of carbonyl (C=O) groups is 2. The molecule has 0 radical (unpaired) electrons. The molecule has 168 valence electrons. The molecule has 1 aromatic heterocycles. The minimum Gasteiger partial charge on any atom is -0.454 e. The Bertz CT molecular complexity index is 928. The summed E-state index contributed by atoms with van der Waals surface area (Å²) in [6, 6.07) is 7.16. The number of esters is 1. The highest BCUT2D eigenvalue weighted by molar-refractivity contribution is 5.82. The van der Waals surface area contributed by atoms with Crippen molar-refractivity contribution in [1.82, 2.24) is 20.2 Å². The van der Waals surface area contributed by atoms with Gasteiger partial charge in [-0.3, -0.25) is 9.69 Å². The molecule has 31 heavy (non-hydrogen) atoms. The van der Waals surface area contributed by atoms with E-state index in [-0.39, 0.29) is 30.8 Å².